The molecule has 10 nitrogen and oxygen atoms in total. The predicted octanol–water partition coefficient (Wildman–Crippen LogP) is 5.18. The Balaban J connectivity index is 1.65. The van der Waals surface area contributed by atoms with Gasteiger partial charge >= 0.3 is 5.97 Å². The molecule has 0 amide bonds. The Morgan fingerprint density at radius 2 is 1.90 bits per heavy atom. The van der Waals surface area contributed by atoms with Crippen LogP contribution in [0.3, 0.4) is 0 Å². The first-order valence-corrected chi connectivity index (χ1v) is 15.7. The van der Waals surface area contributed by atoms with Gasteiger partial charge in [0, 0.05) is 22.4 Å². The van der Waals surface area contributed by atoms with Crippen LogP contribution in [0.4, 0.5) is 0 Å². The lowest BCUT2D eigenvalue weighted by molar-refractivity contribution is -0.139. The van der Waals surface area contributed by atoms with E-state index in [1.165, 1.54) is 41.9 Å². The van der Waals surface area contributed by atoms with Crippen molar-refractivity contribution in [2.45, 2.75) is 37.1 Å². The van der Waals surface area contributed by atoms with Crippen molar-refractivity contribution in [2.75, 3.05) is 20.8 Å². The van der Waals surface area contributed by atoms with Crippen LogP contribution in [0.5, 0.6) is 11.5 Å². The van der Waals surface area contributed by atoms with E-state index in [0.717, 1.165) is 5.69 Å². The first kappa shape index (κ1) is 30.3. The molecule has 0 fully saturated rings. The zero-order chi connectivity index (χ0) is 30.1. The highest BCUT2D eigenvalue weighted by Gasteiger charge is 2.35. The topological polar surface area (TPSA) is 118 Å². The zero-order valence-electron chi connectivity index (χ0n) is 23.1. The molecule has 4 heterocycles. The summed E-state index contributed by atoms with van der Waals surface area (Å²) in [6.07, 6.45) is 3.34. The molecular formula is C28H24Br2N4O6S2. The van der Waals surface area contributed by atoms with E-state index in [0.29, 0.717) is 57.0 Å². The van der Waals surface area contributed by atoms with Gasteiger partial charge in [-0.25, -0.2) is 19.8 Å². The van der Waals surface area contributed by atoms with E-state index >= 15 is 0 Å². The van der Waals surface area contributed by atoms with Gasteiger partial charge in [0.05, 0.1) is 47.1 Å². The minimum atomic E-state index is -0.843. The van der Waals surface area contributed by atoms with Gasteiger partial charge in [-0.15, -0.1) is 0 Å². The summed E-state index contributed by atoms with van der Waals surface area (Å²) in [6.45, 7) is 5.51. The Morgan fingerprint density at radius 3 is 2.60 bits per heavy atom. The van der Waals surface area contributed by atoms with Crippen LogP contribution in [0, 0.1) is 6.92 Å². The summed E-state index contributed by atoms with van der Waals surface area (Å²) in [7, 11) is 3.05. The Labute approximate surface area is 265 Å². The van der Waals surface area contributed by atoms with Crippen LogP contribution in [0.25, 0.3) is 6.08 Å². The lowest BCUT2D eigenvalue weighted by atomic mass is 9.95. The molecule has 14 heteroatoms. The van der Waals surface area contributed by atoms with E-state index in [1.807, 2.05) is 13.0 Å². The van der Waals surface area contributed by atoms with Crippen molar-refractivity contribution in [1.82, 2.24) is 14.5 Å². The number of benzene rings is 1. The maximum Gasteiger partial charge on any atom is 0.338 e. The fraction of sp³-hybridized carbons (Fsp3) is 0.250. The highest BCUT2D eigenvalue weighted by Crippen LogP contribution is 2.41. The Kier molecular flexibility index (Phi) is 9.06. The van der Waals surface area contributed by atoms with Gasteiger partial charge in [0.1, 0.15) is 5.76 Å². The molecule has 0 unspecified atom stereocenters. The minimum Gasteiger partial charge on any atom is -0.493 e. The normalized spacial score (nSPS) is 14.9. The maximum atomic E-state index is 14.0. The maximum absolute atomic E-state index is 14.0. The number of rotatable bonds is 8. The lowest BCUT2D eigenvalue weighted by Crippen LogP contribution is -2.40. The van der Waals surface area contributed by atoms with Gasteiger partial charge in [0.15, 0.2) is 26.5 Å². The van der Waals surface area contributed by atoms with Crippen molar-refractivity contribution in [3.05, 3.63) is 87.4 Å². The first-order chi connectivity index (χ1) is 20.1. The van der Waals surface area contributed by atoms with Crippen molar-refractivity contribution in [3.63, 3.8) is 0 Å². The molecule has 0 radical (unpaired) electrons. The molecule has 1 aromatic carbocycles. The lowest BCUT2D eigenvalue weighted by Gasteiger charge is -2.26. The van der Waals surface area contributed by atoms with Gasteiger partial charge in [-0.1, -0.05) is 27.3 Å². The largest absolute Gasteiger partial charge is 0.493 e. The molecular weight excluding hydrogens is 712 g/mol. The number of carbonyl (C=O) groups is 1. The number of carbonyl (C=O) groups excluding carboxylic acids is 1. The number of halogens is 2. The monoisotopic (exact) mass is 734 g/mol. The smallest absolute Gasteiger partial charge is 0.338 e. The van der Waals surface area contributed by atoms with Gasteiger partial charge < -0.3 is 18.6 Å². The molecule has 42 heavy (non-hydrogen) atoms. The number of aryl methyl sites for hydroxylation is 1. The van der Waals surface area contributed by atoms with E-state index < -0.39 is 12.0 Å². The fourth-order valence-corrected chi connectivity index (χ4v) is 7.24. The molecule has 0 bridgehead atoms. The summed E-state index contributed by atoms with van der Waals surface area (Å²) in [5.41, 5.74) is 1.80. The summed E-state index contributed by atoms with van der Waals surface area (Å²) in [5, 5.41) is 1.09. The standard InChI is InChI=1S/C28H24Br2N4O6S2/c1-6-39-25(36)22-14(3)33-28-34(23(22)16-11-19(37-4)20(38-5)12-17(16)29)24(35)21(41-28)10-15-9-18(30)26(40-15)42-27-31-8-7-13(2)32-27/h7-12,23H,6H2,1-5H3/b21-10+/t23-/m1/s1. The van der Waals surface area contributed by atoms with Crippen molar-refractivity contribution in [2.24, 2.45) is 4.99 Å². The number of nitrogens with zero attached hydrogens (tertiary/aromatic N) is 4. The second kappa shape index (κ2) is 12.6. The van der Waals surface area contributed by atoms with Gasteiger partial charge in [-0.05, 0) is 78.3 Å². The number of hydrogen-bond donors (Lipinski definition) is 0. The third-order valence-electron chi connectivity index (χ3n) is 6.22. The van der Waals surface area contributed by atoms with Crippen LogP contribution >= 0.6 is 55.0 Å². The van der Waals surface area contributed by atoms with Crippen molar-refractivity contribution < 1.29 is 23.4 Å². The number of hydrogen-bond acceptors (Lipinski definition) is 11. The highest BCUT2D eigenvalue weighted by molar-refractivity contribution is 9.10. The number of aromatic nitrogens is 3. The number of ether oxygens (including phenoxy) is 3. The van der Waals surface area contributed by atoms with Gasteiger partial charge in [0.25, 0.3) is 5.56 Å². The number of esters is 1. The van der Waals surface area contributed by atoms with Crippen molar-refractivity contribution in [3.8, 4) is 11.5 Å². The second-order valence-corrected chi connectivity index (χ2v) is 12.6. The van der Waals surface area contributed by atoms with Crippen LogP contribution in [-0.2, 0) is 9.53 Å². The Bertz CT molecular complexity index is 1910. The van der Waals surface area contributed by atoms with Gasteiger partial charge in [-0.3, -0.25) is 9.36 Å². The molecule has 0 saturated heterocycles. The number of methoxy groups -OCH3 is 2. The quantitative estimate of drug-likeness (QED) is 0.178. The molecule has 0 N–H and O–H groups in total. The summed E-state index contributed by atoms with van der Waals surface area (Å²) < 4.78 is 25.6. The fourth-order valence-electron chi connectivity index (χ4n) is 4.36. The number of thiazole rings is 1. The van der Waals surface area contributed by atoms with Crippen molar-refractivity contribution >= 4 is 67.0 Å². The van der Waals surface area contributed by atoms with Gasteiger partial charge in [0.2, 0.25) is 0 Å². The molecule has 5 rings (SSSR count). The van der Waals surface area contributed by atoms with E-state index in [4.69, 9.17) is 18.6 Å². The molecule has 1 aliphatic heterocycles. The van der Waals surface area contributed by atoms with Crippen molar-refractivity contribution in [1.29, 1.82) is 0 Å². The Hall–Kier alpha value is -3.20. The molecule has 3 aromatic heterocycles. The summed E-state index contributed by atoms with van der Waals surface area (Å²) >= 11 is 9.60. The van der Waals surface area contributed by atoms with E-state index in [9.17, 15) is 9.59 Å². The van der Waals surface area contributed by atoms with Crippen LogP contribution in [-0.4, -0.2) is 41.3 Å². The minimum absolute atomic E-state index is 0.168. The molecule has 1 atom stereocenters. The molecule has 4 aromatic rings. The van der Waals surface area contributed by atoms with Crippen LogP contribution in [0.2, 0.25) is 0 Å². The van der Waals surface area contributed by atoms with E-state index in [-0.39, 0.29) is 17.7 Å². The van der Waals surface area contributed by atoms with Crippen LogP contribution in [0.15, 0.2) is 75.1 Å². The number of allylic oxidation sites excluding steroid dienone is 1. The predicted molar refractivity (Wildman–Crippen MR) is 165 cm³/mol. The zero-order valence-corrected chi connectivity index (χ0v) is 27.9. The van der Waals surface area contributed by atoms with E-state index in [1.54, 1.807) is 44.3 Å². The molecule has 0 aliphatic carbocycles. The third kappa shape index (κ3) is 5.85. The average molecular weight is 736 g/mol. The summed E-state index contributed by atoms with van der Waals surface area (Å²) in [5.74, 6) is 0.827. The number of fused-ring (bicyclic) bond motifs is 1. The third-order valence-corrected chi connectivity index (χ3v) is 9.61. The SMILES string of the molecule is CCOC(=O)C1=C(C)N=c2s/c(=C/c3cc(Br)c(Sc4nccc(C)n4)o3)c(=O)n2[C@@H]1c1cc(OC)c(OC)cc1Br. The van der Waals surface area contributed by atoms with Gasteiger partial charge in [-0.2, -0.15) is 0 Å². The second-order valence-electron chi connectivity index (χ2n) is 8.90. The highest BCUT2D eigenvalue weighted by atomic mass is 79.9. The van der Waals surface area contributed by atoms with Crippen LogP contribution < -0.4 is 24.4 Å². The first-order valence-electron chi connectivity index (χ1n) is 12.5. The molecule has 1 aliphatic rings. The van der Waals surface area contributed by atoms with E-state index in [2.05, 4.69) is 46.8 Å². The molecule has 218 valence electrons. The summed E-state index contributed by atoms with van der Waals surface area (Å²) in [4.78, 5) is 41.0. The summed E-state index contributed by atoms with van der Waals surface area (Å²) in [6, 6.07) is 6.22. The Morgan fingerprint density at radius 1 is 1.17 bits per heavy atom. The molecule has 0 saturated carbocycles. The number of furan rings is 1. The molecule has 0 spiro atoms. The average Bonchev–Trinajstić information content (AvgIpc) is 3.45. The van der Waals surface area contributed by atoms with Crippen LogP contribution in [0.1, 0.15) is 36.9 Å².